The van der Waals surface area contributed by atoms with Crippen molar-refractivity contribution in [3.8, 4) is 5.69 Å². The predicted molar refractivity (Wildman–Crippen MR) is 155 cm³/mol. The number of aromatic nitrogens is 4. The molecule has 1 aromatic heterocycles. The van der Waals surface area contributed by atoms with Crippen molar-refractivity contribution in [3.05, 3.63) is 111 Å². The number of halogens is 1. The van der Waals surface area contributed by atoms with Gasteiger partial charge in [-0.25, -0.2) is 14.7 Å². The highest BCUT2D eigenvalue weighted by Crippen LogP contribution is 2.06. The molecular formula is C28H35ClN4O4Si. The lowest BCUT2D eigenvalue weighted by Crippen LogP contribution is -2.15. The number of H-pyrrole nitrogens is 1. The maximum absolute atomic E-state index is 11.1. The minimum absolute atomic E-state index is 0.330. The van der Waals surface area contributed by atoms with E-state index in [1.54, 1.807) is 36.4 Å². The highest BCUT2D eigenvalue weighted by Gasteiger charge is 2.01. The molecule has 4 rings (SSSR count). The number of aromatic amines is 1. The summed E-state index contributed by atoms with van der Waals surface area (Å²) in [7, 11) is -0.611. The lowest BCUT2D eigenvalue weighted by Gasteiger charge is -2.01. The molecule has 0 aliphatic rings. The number of carboxylic acids is 1. The van der Waals surface area contributed by atoms with Gasteiger partial charge in [0, 0.05) is 13.6 Å². The number of carboxylic acid groups (broad SMARTS) is 1. The van der Waals surface area contributed by atoms with Gasteiger partial charge in [0.05, 0.1) is 11.3 Å². The summed E-state index contributed by atoms with van der Waals surface area (Å²) < 4.78 is 1.21. The van der Waals surface area contributed by atoms with Crippen molar-refractivity contribution in [2.45, 2.75) is 47.0 Å². The fraction of sp³-hybridized carbons (Fsp3) is 0.250. The van der Waals surface area contributed by atoms with Crippen LogP contribution in [0, 0.1) is 20.8 Å². The van der Waals surface area contributed by atoms with Gasteiger partial charge in [-0.1, -0.05) is 79.3 Å². The fourth-order valence-corrected chi connectivity index (χ4v) is 2.56. The Labute approximate surface area is 229 Å². The maximum atomic E-state index is 11.1. The molecule has 0 spiro atoms. The van der Waals surface area contributed by atoms with Crippen LogP contribution in [0.3, 0.4) is 0 Å². The monoisotopic (exact) mass is 554 g/mol. The molecule has 0 atom stereocenters. The van der Waals surface area contributed by atoms with Gasteiger partial charge in [0.15, 0.2) is 0 Å². The van der Waals surface area contributed by atoms with Crippen LogP contribution in [0.5, 0.6) is 0 Å². The van der Waals surface area contributed by atoms with Crippen LogP contribution in [-0.4, -0.2) is 44.6 Å². The number of carbonyl (C=O) groups excluding carboxylic acids is 1. The Bertz CT molecular complexity index is 1280. The van der Waals surface area contributed by atoms with E-state index in [4.69, 9.17) is 16.7 Å². The van der Waals surface area contributed by atoms with Crippen LogP contribution < -0.4 is 5.69 Å². The average Bonchev–Trinajstić information content (AvgIpc) is 3.26. The normalized spacial score (nSPS) is 10.0. The quantitative estimate of drug-likeness (QED) is 0.227. The Morgan fingerprint density at radius 2 is 1.13 bits per heavy atom. The van der Waals surface area contributed by atoms with E-state index in [9.17, 15) is 14.4 Å². The second-order valence-electron chi connectivity index (χ2n) is 10.1. The first-order valence-electron chi connectivity index (χ1n) is 11.8. The molecule has 0 aliphatic heterocycles. The molecule has 0 aliphatic carbocycles. The highest BCUT2D eigenvalue weighted by molar-refractivity contribution is 6.74. The van der Waals surface area contributed by atoms with Gasteiger partial charge in [-0.2, -0.15) is 4.68 Å². The number of rotatable bonds is 3. The molecule has 4 aromatic rings. The molecule has 0 bridgehead atoms. The van der Waals surface area contributed by atoms with Crippen molar-refractivity contribution in [3.63, 3.8) is 0 Å². The van der Waals surface area contributed by atoms with Crippen molar-refractivity contribution in [1.29, 1.82) is 0 Å². The lowest BCUT2D eigenvalue weighted by molar-refractivity contribution is 0.0696. The maximum Gasteiger partial charge on any atom is 0.365 e. The molecule has 0 fully saturated rings. The molecule has 2 N–H and O–H groups in total. The highest BCUT2D eigenvalue weighted by atomic mass is 35.5. The number of nitrogens with one attached hydrogen (secondary N) is 1. The first-order valence-corrected chi connectivity index (χ1v) is 16.2. The second-order valence-corrected chi connectivity index (χ2v) is 16.4. The zero-order valence-electron chi connectivity index (χ0n) is 22.8. The van der Waals surface area contributed by atoms with Crippen molar-refractivity contribution >= 4 is 30.9 Å². The summed E-state index contributed by atoms with van der Waals surface area (Å²) in [5.74, 6) is -0.875. The third-order valence-electron chi connectivity index (χ3n) is 4.33. The number of benzene rings is 3. The number of aromatic carboxylic acids is 1. The van der Waals surface area contributed by atoms with Gasteiger partial charge in [0.2, 0.25) is 0 Å². The van der Waals surface area contributed by atoms with E-state index in [1.807, 2.05) is 57.2 Å². The van der Waals surface area contributed by atoms with Crippen LogP contribution in [0.1, 0.15) is 37.4 Å². The number of carbonyl (C=O) groups is 2. The van der Waals surface area contributed by atoms with Gasteiger partial charge in [-0.15, -0.1) is 0 Å². The second kappa shape index (κ2) is 15.4. The fourth-order valence-electron chi connectivity index (χ4n) is 2.43. The van der Waals surface area contributed by atoms with Gasteiger partial charge in [-0.05, 0) is 79.2 Å². The van der Waals surface area contributed by atoms with E-state index in [0.29, 0.717) is 16.8 Å². The molecule has 8 nitrogen and oxygen atoms in total. The van der Waals surface area contributed by atoms with E-state index in [1.165, 1.54) is 4.68 Å². The third-order valence-corrected chi connectivity index (χ3v) is 4.55. The molecule has 0 amide bonds. The van der Waals surface area contributed by atoms with Crippen molar-refractivity contribution in [2.24, 2.45) is 0 Å². The van der Waals surface area contributed by atoms with Gasteiger partial charge in [0.25, 0.3) is 5.24 Å². The van der Waals surface area contributed by atoms with Crippen LogP contribution in [0.2, 0.25) is 26.2 Å². The summed E-state index contributed by atoms with van der Waals surface area (Å²) in [6.07, 6.45) is 0. The van der Waals surface area contributed by atoms with E-state index >= 15 is 0 Å². The number of tetrazole rings is 1. The van der Waals surface area contributed by atoms with E-state index < -0.39 is 19.3 Å². The number of hydrogen-bond acceptors (Lipinski definition) is 5. The van der Waals surface area contributed by atoms with Gasteiger partial charge < -0.3 is 5.11 Å². The summed E-state index contributed by atoms with van der Waals surface area (Å²) in [4.78, 5) is 31.9. The standard InChI is InChI=1S/C8H7ClO.C8H8N4O.C8H8O2.C4H12Si/c1-6-2-4-7(5-3-6)8(9)10;1-6-2-4-7(5-3-6)12-8(13)9-10-11-12;1-6-2-4-7(5-3-6)8(9)10;1-5(2,3)4/h2-5H,1H3;2-5H,1H3,(H,9,11,13);2-5H,1H3,(H,9,10);1-4H3. The van der Waals surface area contributed by atoms with E-state index in [2.05, 4.69) is 41.7 Å². The summed E-state index contributed by atoms with van der Waals surface area (Å²) >= 11 is 5.22. The lowest BCUT2D eigenvalue weighted by atomic mass is 10.2. The van der Waals surface area contributed by atoms with Gasteiger partial charge in [-0.3, -0.25) is 4.79 Å². The van der Waals surface area contributed by atoms with E-state index in [-0.39, 0.29) is 5.69 Å². The first-order chi connectivity index (χ1) is 17.7. The third kappa shape index (κ3) is 13.5. The minimum Gasteiger partial charge on any atom is -0.478 e. The number of hydrogen-bond donors (Lipinski definition) is 2. The first kappa shape index (κ1) is 32.2. The zero-order chi connectivity index (χ0) is 28.9. The van der Waals surface area contributed by atoms with E-state index in [0.717, 1.165) is 16.7 Å². The van der Waals surface area contributed by atoms with Gasteiger partial charge in [0.1, 0.15) is 0 Å². The van der Waals surface area contributed by atoms with Gasteiger partial charge >= 0.3 is 11.7 Å². The molecule has 0 unspecified atom stereocenters. The minimum atomic E-state index is -0.875. The molecule has 38 heavy (non-hydrogen) atoms. The number of aryl methyl sites for hydroxylation is 3. The summed E-state index contributed by atoms with van der Waals surface area (Å²) in [6.45, 7) is 15.2. The molecule has 0 saturated carbocycles. The Morgan fingerprint density at radius 1 is 0.763 bits per heavy atom. The molecular weight excluding hydrogens is 520 g/mol. The molecule has 0 saturated heterocycles. The summed E-state index contributed by atoms with van der Waals surface area (Å²) in [5, 5.41) is 17.3. The van der Waals surface area contributed by atoms with Crippen LogP contribution in [0.25, 0.3) is 5.69 Å². The molecule has 202 valence electrons. The molecule has 1 heterocycles. The van der Waals surface area contributed by atoms with Crippen molar-refractivity contribution < 1.29 is 14.7 Å². The largest absolute Gasteiger partial charge is 0.478 e. The Kier molecular flexibility index (Phi) is 13.1. The smallest absolute Gasteiger partial charge is 0.365 e. The SMILES string of the molecule is C[Si](C)(C)C.Cc1ccc(-n2nn[nH]c2=O)cc1.Cc1ccc(C(=O)Cl)cc1.Cc1ccc(C(=O)O)cc1. The Hall–Kier alpha value is -3.82. The van der Waals surface area contributed by atoms with Crippen LogP contribution in [0.15, 0.2) is 77.6 Å². The van der Waals surface area contributed by atoms with Crippen LogP contribution >= 0.6 is 11.6 Å². The van der Waals surface area contributed by atoms with Crippen LogP contribution in [-0.2, 0) is 0 Å². The molecule has 0 radical (unpaired) electrons. The van der Waals surface area contributed by atoms with Crippen molar-refractivity contribution in [2.75, 3.05) is 0 Å². The van der Waals surface area contributed by atoms with Crippen molar-refractivity contribution in [1.82, 2.24) is 20.2 Å². The Morgan fingerprint density at radius 3 is 1.45 bits per heavy atom. The van der Waals surface area contributed by atoms with Crippen LogP contribution in [0.4, 0.5) is 0 Å². The topological polar surface area (TPSA) is 118 Å². The molecule has 10 heteroatoms. The molecule has 3 aromatic carbocycles. The summed E-state index contributed by atoms with van der Waals surface area (Å²) in [6, 6.07) is 21.4. The number of nitrogens with zero attached hydrogens (tertiary/aromatic N) is 3. The average molecular weight is 555 g/mol. The zero-order valence-corrected chi connectivity index (χ0v) is 24.6. The Balaban J connectivity index is 0.000000265. The predicted octanol–water partition coefficient (Wildman–Crippen LogP) is 6.29. The summed E-state index contributed by atoms with van der Waals surface area (Å²) in [5.41, 5.74) is 4.61.